The lowest BCUT2D eigenvalue weighted by Crippen LogP contribution is -2.07. The predicted molar refractivity (Wildman–Crippen MR) is 78.0 cm³/mol. The van der Waals surface area contributed by atoms with Gasteiger partial charge in [0.15, 0.2) is 0 Å². The van der Waals surface area contributed by atoms with Crippen LogP contribution in [0.2, 0.25) is 0 Å². The molecular weight excluding hydrogens is 246 g/mol. The SMILES string of the molecule is CCCNc1cc(COC)nc(CSCCC)n1. The van der Waals surface area contributed by atoms with E-state index in [1.807, 2.05) is 17.8 Å². The van der Waals surface area contributed by atoms with Crippen LogP contribution in [-0.2, 0) is 17.1 Å². The molecule has 0 aromatic carbocycles. The van der Waals surface area contributed by atoms with Gasteiger partial charge in [0, 0.05) is 19.7 Å². The molecule has 0 aliphatic heterocycles. The van der Waals surface area contributed by atoms with Crippen LogP contribution in [0.1, 0.15) is 38.2 Å². The Kier molecular flexibility index (Phi) is 7.76. The maximum Gasteiger partial charge on any atom is 0.140 e. The second-order valence-corrected chi connectivity index (χ2v) is 5.18. The van der Waals surface area contributed by atoms with Crippen LogP contribution >= 0.6 is 11.8 Å². The summed E-state index contributed by atoms with van der Waals surface area (Å²) in [6.45, 7) is 5.80. The molecule has 0 spiro atoms. The second kappa shape index (κ2) is 9.16. The summed E-state index contributed by atoms with van der Waals surface area (Å²) in [7, 11) is 1.69. The first-order valence-corrected chi connectivity index (χ1v) is 7.63. The zero-order chi connectivity index (χ0) is 13.2. The molecule has 4 nitrogen and oxygen atoms in total. The van der Waals surface area contributed by atoms with Gasteiger partial charge in [0.2, 0.25) is 0 Å². The molecule has 5 heteroatoms. The lowest BCUT2D eigenvalue weighted by Gasteiger charge is -2.09. The van der Waals surface area contributed by atoms with Gasteiger partial charge in [-0.2, -0.15) is 11.8 Å². The van der Waals surface area contributed by atoms with Crippen LogP contribution in [-0.4, -0.2) is 29.4 Å². The predicted octanol–water partition coefficient (Wildman–Crippen LogP) is 3.09. The van der Waals surface area contributed by atoms with Crippen LogP contribution in [0.3, 0.4) is 0 Å². The van der Waals surface area contributed by atoms with Crippen molar-refractivity contribution >= 4 is 17.6 Å². The maximum atomic E-state index is 5.14. The first-order chi connectivity index (χ1) is 8.80. The van der Waals surface area contributed by atoms with Crippen LogP contribution in [0.5, 0.6) is 0 Å². The van der Waals surface area contributed by atoms with Crippen molar-refractivity contribution in [2.75, 3.05) is 24.7 Å². The number of nitrogens with zero attached hydrogens (tertiary/aromatic N) is 2. The van der Waals surface area contributed by atoms with Crippen molar-refractivity contribution in [3.63, 3.8) is 0 Å². The third-order valence-electron chi connectivity index (χ3n) is 2.25. The van der Waals surface area contributed by atoms with Crippen molar-refractivity contribution in [1.29, 1.82) is 0 Å². The zero-order valence-corrected chi connectivity index (χ0v) is 12.3. The minimum absolute atomic E-state index is 0.536. The fourth-order valence-electron chi connectivity index (χ4n) is 1.49. The first kappa shape index (κ1) is 15.2. The molecule has 0 aliphatic carbocycles. The summed E-state index contributed by atoms with van der Waals surface area (Å²) in [4.78, 5) is 9.03. The van der Waals surface area contributed by atoms with Crippen molar-refractivity contribution in [2.45, 2.75) is 39.0 Å². The largest absolute Gasteiger partial charge is 0.378 e. The number of methoxy groups -OCH3 is 1. The molecule has 1 aromatic rings. The number of rotatable bonds is 9. The lowest BCUT2D eigenvalue weighted by molar-refractivity contribution is 0.181. The van der Waals surface area contributed by atoms with E-state index in [4.69, 9.17) is 4.74 Å². The Labute approximate surface area is 114 Å². The topological polar surface area (TPSA) is 47.0 Å². The highest BCUT2D eigenvalue weighted by atomic mass is 32.2. The molecule has 0 unspecified atom stereocenters. The molecule has 18 heavy (non-hydrogen) atoms. The average Bonchev–Trinajstić information content (AvgIpc) is 2.37. The van der Waals surface area contributed by atoms with Crippen molar-refractivity contribution in [3.8, 4) is 0 Å². The summed E-state index contributed by atoms with van der Waals surface area (Å²) in [5.74, 6) is 3.81. The summed E-state index contributed by atoms with van der Waals surface area (Å²) in [6.07, 6.45) is 2.27. The van der Waals surface area contributed by atoms with Gasteiger partial charge in [-0.15, -0.1) is 0 Å². The number of nitrogens with one attached hydrogen (secondary N) is 1. The van der Waals surface area contributed by atoms with Gasteiger partial charge in [0.05, 0.1) is 18.1 Å². The van der Waals surface area contributed by atoms with Gasteiger partial charge in [0.1, 0.15) is 11.6 Å². The quantitative estimate of drug-likeness (QED) is 0.698. The molecule has 0 radical (unpaired) electrons. The molecule has 1 rings (SSSR count). The van der Waals surface area contributed by atoms with E-state index < -0.39 is 0 Å². The molecular formula is C13H23N3OS. The summed E-state index contributed by atoms with van der Waals surface area (Å²) in [5, 5.41) is 3.31. The van der Waals surface area contributed by atoms with Gasteiger partial charge in [-0.25, -0.2) is 9.97 Å². The number of hydrogen-bond acceptors (Lipinski definition) is 5. The van der Waals surface area contributed by atoms with Crippen molar-refractivity contribution in [1.82, 2.24) is 9.97 Å². The van der Waals surface area contributed by atoms with Gasteiger partial charge >= 0.3 is 0 Å². The average molecular weight is 269 g/mol. The van der Waals surface area contributed by atoms with E-state index in [1.54, 1.807) is 7.11 Å². The molecule has 1 aromatic heterocycles. The van der Waals surface area contributed by atoms with Crippen molar-refractivity contribution in [2.24, 2.45) is 0 Å². The highest BCUT2D eigenvalue weighted by molar-refractivity contribution is 7.98. The fraction of sp³-hybridized carbons (Fsp3) is 0.692. The summed E-state index contributed by atoms with van der Waals surface area (Å²) >= 11 is 1.87. The van der Waals surface area contributed by atoms with E-state index in [9.17, 15) is 0 Å². The minimum atomic E-state index is 0.536. The summed E-state index contributed by atoms with van der Waals surface area (Å²) in [6, 6.07) is 1.97. The third-order valence-corrected chi connectivity index (χ3v) is 3.41. The molecule has 0 fully saturated rings. The fourth-order valence-corrected chi connectivity index (χ4v) is 2.23. The van der Waals surface area contributed by atoms with E-state index in [-0.39, 0.29) is 0 Å². The van der Waals surface area contributed by atoms with Gasteiger partial charge in [-0.05, 0) is 18.6 Å². The number of hydrogen-bond donors (Lipinski definition) is 1. The number of thioether (sulfide) groups is 1. The Hall–Kier alpha value is -0.810. The normalized spacial score (nSPS) is 10.6. The molecule has 0 saturated heterocycles. The van der Waals surface area contributed by atoms with Crippen LogP contribution in [0, 0.1) is 0 Å². The van der Waals surface area contributed by atoms with E-state index >= 15 is 0 Å². The Morgan fingerprint density at radius 2 is 2.11 bits per heavy atom. The van der Waals surface area contributed by atoms with Gasteiger partial charge in [-0.1, -0.05) is 13.8 Å². The Bertz CT molecular complexity index is 347. The van der Waals surface area contributed by atoms with Crippen LogP contribution in [0.4, 0.5) is 5.82 Å². The van der Waals surface area contributed by atoms with Crippen LogP contribution in [0.25, 0.3) is 0 Å². The zero-order valence-electron chi connectivity index (χ0n) is 11.5. The molecule has 0 saturated carbocycles. The maximum absolute atomic E-state index is 5.14. The molecule has 0 bridgehead atoms. The first-order valence-electron chi connectivity index (χ1n) is 6.47. The molecule has 0 amide bonds. The van der Waals surface area contributed by atoms with Crippen molar-refractivity contribution in [3.05, 3.63) is 17.6 Å². The van der Waals surface area contributed by atoms with Crippen molar-refractivity contribution < 1.29 is 4.74 Å². The highest BCUT2D eigenvalue weighted by Crippen LogP contribution is 2.14. The van der Waals surface area contributed by atoms with E-state index in [2.05, 4.69) is 29.1 Å². The molecule has 1 N–H and O–H groups in total. The third kappa shape index (κ3) is 5.69. The molecule has 0 atom stereocenters. The number of aromatic nitrogens is 2. The number of ether oxygens (including phenoxy) is 1. The Balaban J connectivity index is 2.70. The Morgan fingerprint density at radius 3 is 2.78 bits per heavy atom. The van der Waals surface area contributed by atoms with E-state index in [0.717, 1.165) is 41.8 Å². The highest BCUT2D eigenvalue weighted by Gasteiger charge is 2.04. The smallest absolute Gasteiger partial charge is 0.140 e. The Morgan fingerprint density at radius 1 is 1.28 bits per heavy atom. The monoisotopic (exact) mass is 269 g/mol. The van der Waals surface area contributed by atoms with Crippen LogP contribution < -0.4 is 5.32 Å². The lowest BCUT2D eigenvalue weighted by atomic mass is 10.4. The van der Waals surface area contributed by atoms with E-state index in [0.29, 0.717) is 6.61 Å². The van der Waals surface area contributed by atoms with Gasteiger partial charge in [0.25, 0.3) is 0 Å². The van der Waals surface area contributed by atoms with Gasteiger partial charge in [-0.3, -0.25) is 0 Å². The molecule has 102 valence electrons. The number of anilines is 1. The minimum Gasteiger partial charge on any atom is -0.378 e. The van der Waals surface area contributed by atoms with E-state index in [1.165, 1.54) is 6.42 Å². The standard InChI is InChI=1S/C13H23N3OS/c1-4-6-14-12-8-11(9-17-3)15-13(16-12)10-18-7-5-2/h8H,4-7,9-10H2,1-3H3,(H,14,15,16). The summed E-state index contributed by atoms with van der Waals surface area (Å²) in [5.41, 5.74) is 0.943. The molecule has 1 heterocycles. The van der Waals surface area contributed by atoms with Crippen LogP contribution in [0.15, 0.2) is 6.07 Å². The second-order valence-electron chi connectivity index (χ2n) is 4.07. The summed E-state index contributed by atoms with van der Waals surface area (Å²) < 4.78 is 5.14. The molecule has 0 aliphatic rings. The van der Waals surface area contributed by atoms with Gasteiger partial charge < -0.3 is 10.1 Å².